The van der Waals surface area contributed by atoms with E-state index < -0.39 is 0 Å². The lowest BCUT2D eigenvalue weighted by molar-refractivity contribution is 0.185. The summed E-state index contributed by atoms with van der Waals surface area (Å²) in [4.78, 5) is 11.8. The van der Waals surface area contributed by atoms with E-state index in [2.05, 4.69) is 32.4 Å². The SMILES string of the molecule is CCN1CCCC(n2c(CCl)nc3cc(C)cnc32)C1. The molecule has 4 nitrogen and oxygen atoms in total. The molecule has 2 aromatic rings. The number of likely N-dealkylation sites (tertiary alicyclic amines) is 1. The highest BCUT2D eigenvalue weighted by Crippen LogP contribution is 2.28. The van der Waals surface area contributed by atoms with Gasteiger partial charge in [0.25, 0.3) is 0 Å². The third-order valence-corrected chi connectivity index (χ3v) is 4.39. The maximum atomic E-state index is 6.11. The fourth-order valence-corrected chi connectivity index (χ4v) is 3.33. The molecule has 0 bridgehead atoms. The Bertz CT molecular complexity index is 607. The van der Waals surface area contributed by atoms with Crippen LogP contribution in [0.3, 0.4) is 0 Å². The summed E-state index contributed by atoms with van der Waals surface area (Å²) in [5.74, 6) is 1.39. The summed E-state index contributed by atoms with van der Waals surface area (Å²) in [6.45, 7) is 7.64. The fraction of sp³-hybridized carbons (Fsp3) is 0.600. The van der Waals surface area contributed by atoms with Crippen LogP contribution in [0.2, 0.25) is 0 Å². The summed E-state index contributed by atoms with van der Waals surface area (Å²) < 4.78 is 2.27. The first-order valence-corrected chi connectivity index (χ1v) is 7.88. The van der Waals surface area contributed by atoms with Crippen LogP contribution in [0.4, 0.5) is 0 Å². The first kappa shape index (κ1) is 13.8. The van der Waals surface area contributed by atoms with Crippen LogP contribution < -0.4 is 0 Å². The topological polar surface area (TPSA) is 34.0 Å². The van der Waals surface area contributed by atoms with Crippen molar-refractivity contribution in [1.82, 2.24) is 19.4 Å². The van der Waals surface area contributed by atoms with Crippen molar-refractivity contribution in [3.63, 3.8) is 0 Å². The molecule has 0 aliphatic carbocycles. The number of likely N-dealkylation sites (N-methyl/N-ethyl adjacent to an activating group) is 1. The number of fused-ring (bicyclic) bond motifs is 1. The number of halogens is 1. The number of aromatic nitrogens is 3. The Kier molecular flexibility index (Phi) is 3.94. The molecule has 2 aromatic heterocycles. The lowest BCUT2D eigenvalue weighted by atomic mass is 10.1. The molecule has 0 aromatic carbocycles. The molecule has 0 spiro atoms. The molecule has 1 saturated heterocycles. The second kappa shape index (κ2) is 5.70. The Labute approximate surface area is 124 Å². The van der Waals surface area contributed by atoms with Crippen LogP contribution in [0.15, 0.2) is 12.3 Å². The Morgan fingerprint density at radius 2 is 2.30 bits per heavy atom. The van der Waals surface area contributed by atoms with Gasteiger partial charge < -0.3 is 9.47 Å². The van der Waals surface area contributed by atoms with E-state index >= 15 is 0 Å². The molecule has 1 aliphatic rings. The molecule has 0 N–H and O–H groups in total. The first-order chi connectivity index (χ1) is 9.72. The molecule has 1 fully saturated rings. The van der Waals surface area contributed by atoms with Gasteiger partial charge in [0.15, 0.2) is 5.65 Å². The molecule has 1 atom stereocenters. The van der Waals surface area contributed by atoms with Crippen LogP contribution in [0.1, 0.15) is 37.2 Å². The highest BCUT2D eigenvalue weighted by molar-refractivity contribution is 6.16. The Hall–Kier alpha value is -1.13. The highest BCUT2D eigenvalue weighted by Gasteiger charge is 2.24. The lowest BCUT2D eigenvalue weighted by Crippen LogP contribution is -2.36. The number of aryl methyl sites for hydroxylation is 1. The maximum absolute atomic E-state index is 6.11. The largest absolute Gasteiger partial charge is 0.307 e. The smallest absolute Gasteiger partial charge is 0.160 e. The van der Waals surface area contributed by atoms with E-state index in [1.807, 2.05) is 13.1 Å². The zero-order valence-electron chi connectivity index (χ0n) is 12.1. The molecule has 1 unspecified atom stereocenters. The second-order valence-corrected chi connectivity index (χ2v) is 5.84. The molecule has 0 amide bonds. The van der Waals surface area contributed by atoms with E-state index in [-0.39, 0.29) is 0 Å². The van der Waals surface area contributed by atoms with Crippen LogP contribution in [-0.4, -0.2) is 39.1 Å². The molecule has 108 valence electrons. The number of alkyl halides is 1. The van der Waals surface area contributed by atoms with Gasteiger partial charge in [0.2, 0.25) is 0 Å². The van der Waals surface area contributed by atoms with Gasteiger partial charge in [-0.3, -0.25) is 0 Å². The monoisotopic (exact) mass is 292 g/mol. The minimum Gasteiger partial charge on any atom is -0.307 e. The van der Waals surface area contributed by atoms with Crippen molar-refractivity contribution in [1.29, 1.82) is 0 Å². The molecular weight excluding hydrogens is 272 g/mol. The van der Waals surface area contributed by atoms with Crippen molar-refractivity contribution < 1.29 is 0 Å². The van der Waals surface area contributed by atoms with Crippen LogP contribution in [0, 0.1) is 6.92 Å². The predicted molar refractivity (Wildman–Crippen MR) is 82.2 cm³/mol. The molecule has 3 heterocycles. The van der Waals surface area contributed by atoms with Gasteiger partial charge in [0.05, 0.1) is 5.88 Å². The minimum atomic E-state index is 0.442. The van der Waals surface area contributed by atoms with E-state index in [4.69, 9.17) is 11.6 Å². The lowest BCUT2D eigenvalue weighted by Gasteiger charge is -2.33. The molecule has 3 rings (SSSR count). The summed E-state index contributed by atoms with van der Waals surface area (Å²) in [6.07, 6.45) is 4.33. The zero-order valence-corrected chi connectivity index (χ0v) is 12.9. The molecule has 20 heavy (non-hydrogen) atoms. The predicted octanol–water partition coefficient (Wildman–Crippen LogP) is 3.14. The first-order valence-electron chi connectivity index (χ1n) is 7.34. The van der Waals surface area contributed by atoms with Gasteiger partial charge in [-0.05, 0) is 44.5 Å². The number of piperidine rings is 1. The fourth-order valence-electron chi connectivity index (χ4n) is 3.14. The van der Waals surface area contributed by atoms with E-state index in [0.29, 0.717) is 11.9 Å². The quantitative estimate of drug-likeness (QED) is 0.815. The minimum absolute atomic E-state index is 0.442. The molecule has 5 heteroatoms. The van der Waals surface area contributed by atoms with Crippen LogP contribution in [-0.2, 0) is 5.88 Å². The number of rotatable bonds is 3. The number of imidazole rings is 1. The van der Waals surface area contributed by atoms with Crippen LogP contribution in [0.5, 0.6) is 0 Å². The number of hydrogen-bond acceptors (Lipinski definition) is 3. The van der Waals surface area contributed by atoms with E-state index in [1.54, 1.807) is 0 Å². The van der Waals surface area contributed by atoms with Gasteiger partial charge in [-0.15, -0.1) is 11.6 Å². The molecule has 1 aliphatic heterocycles. The average molecular weight is 293 g/mol. The standard InChI is InChI=1S/C15H21ClN4/c1-3-19-6-4-5-12(10-19)20-14(8-16)18-13-7-11(2)9-17-15(13)20/h7,9,12H,3-6,8,10H2,1-2H3. The van der Waals surface area contributed by atoms with Gasteiger partial charge in [0, 0.05) is 18.8 Å². The number of nitrogens with zero attached hydrogens (tertiary/aromatic N) is 4. The van der Waals surface area contributed by atoms with Crippen molar-refractivity contribution in [2.75, 3.05) is 19.6 Å². The molecule has 0 saturated carbocycles. The van der Waals surface area contributed by atoms with Gasteiger partial charge in [-0.2, -0.15) is 0 Å². The second-order valence-electron chi connectivity index (χ2n) is 5.58. The normalized spacial score (nSPS) is 20.6. The third kappa shape index (κ3) is 2.42. The van der Waals surface area contributed by atoms with E-state index in [0.717, 1.165) is 35.6 Å². The summed E-state index contributed by atoms with van der Waals surface area (Å²) in [6, 6.07) is 2.53. The molecular formula is C15H21ClN4. The molecule has 0 radical (unpaired) electrons. The Morgan fingerprint density at radius 1 is 1.45 bits per heavy atom. The summed E-state index contributed by atoms with van der Waals surface area (Å²) in [5, 5.41) is 0. The van der Waals surface area contributed by atoms with Crippen molar-refractivity contribution in [3.05, 3.63) is 23.7 Å². The Balaban J connectivity index is 2.04. The number of hydrogen-bond donors (Lipinski definition) is 0. The van der Waals surface area contributed by atoms with Gasteiger partial charge in [0.1, 0.15) is 11.3 Å². The highest BCUT2D eigenvalue weighted by atomic mass is 35.5. The van der Waals surface area contributed by atoms with Crippen molar-refractivity contribution in [2.24, 2.45) is 0 Å². The summed E-state index contributed by atoms with van der Waals surface area (Å²) in [7, 11) is 0. The van der Waals surface area contributed by atoms with Crippen molar-refractivity contribution in [2.45, 2.75) is 38.6 Å². The van der Waals surface area contributed by atoms with E-state index in [1.165, 1.54) is 19.4 Å². The van der Waals surface area contributed by atoms with Crippen LogP contribution in [0.25, 0.3) is 11.2 Å². The van der Waals surface area contributed by atoms with Crippen LogP contribution >= 0.6 is 11.6 Å². The van der Waals surface area contributed by atoms with Crippen molar-refractivity contribution >= 4 is 22.8 Å². The number of pyridine rings is 1. The third-order valence-electron chi connectivity index (χ3n) is 4.15. The van der Waals surface area contributed by atoms with E-state index in [9.17, 15) is 0 Å². The summed E-state index contributed by atoms with van der Waals surface area (Å²) in [5.41, 5.74) is 3.09. The van der Waals surface area contributed by atoms with Gasteiger partial charge >= 0.3 is 0 Å². The van der Waals surface area contributed by atoms with Gasteiger partial charge in [-0.1, -0.05) is 6.92 Å². The van der Waals surface area contributed by atoms with Gasteiger partial charge in [-0.25, -0.2) is 9.97 Å². The summed E-state index contributed by atoms with van der Waals surface area (Å²) >= 11 is 6.11. The Morgan fingerprint density at radius 3 is 3.05 bits per heavy atom. The average Bonchev–Trinajstić information content (AvgIpc) is 2.84. The van der Waals surface area contributed by atoms with Crippen molar-refractivity contribution in [3.8, 4) is 0 Å². The zero-order chi connectivity index (χ0) is 14.1. The maximum Gasteiger partial charge on any atom is 0.160 e.